The number of ketones is 1. The molecule has 6 heteroatoms. The maximum atomic E-state index is 13.5. The minimum Gasteiger partial charge on any atom is -0.494 e. The first-order valence-electron chi connectivity index (χ1n) is 5.47. The second kappa shape index (κ2) is 5.32. The molecule has 2 rings (SSSR count). The molecule has 2 aromatic rings. The largest absolute Gasteiger partial charge is 0.494 e. The molecule has 0 atom stereocenters. The van der Waals surface area contributed by atoms with Gasteiger partial charge >= 0.3 is 0 Å². The molecular weight excluding hydrogens is 276 g/mol. The van der Waals surface area contributed by atoms with Gasteiger partial charge in [-0.3, -0.25) is 4.79 Å². The van der Waals surface area contributed by atoms with Crippen LogP contribution in [0.15, 0.2) is 30.3 Å². The molecule has 0 fully saturated rings. The predicted molar refractivity (Wildman–Crippen MR) is 62.7 cm³/mol. The van der Waals surface area contributed by atoms with Crippen LogP contribution in [0.2, 0.25) is 0 Å². The average molecular weight is 284 g/mol. The highest BCUT2D eigenvalue weighted by molar-refractivity contribution is 6.09. The standard InChI is InChI=1S/C14H8F4O2/c1-20-13-4-7(2-3-9(13)15)14(19)8-5-11(17)12(18)6-10(8)16/h2-6H,1H3. The van der Waals surface area contributed by atoms with Gasteiger partial charge in [-0.05, 0) is 24.3 Å². The summed E-state index contributed by atoms with van der Waals surface area (Å²) >= 11 is 0. The van der Waals surface area contributed by atoms with Crippen LogP contribution >= 0.6 is 0 Å². The molecule has 0 heterocycles. The summed E-state index contributed by atoms with van der Waals surface area (Å²) in [6, 6.07) is 3.86. The van der Waals surface area contributed by atoms with E-state index in [0.717, 1.165) is 18.2 Å². The van der Waals surface area contributed by atoms with E-state index in [4.69, 9.17) is 0 Å². The fourth-order valence-corrected chi connectivity index (χ4v) is 1.65. The van der Waals surface area contributed by atoms with Crippen LogP contribution in [0, 0.1) is 23.3 Å². The van der Waals surface area contributed by atoms with Crippen molar-refractivity contribution in [3.63, 3.8) is 0 Å². The Morgan fingerprint density at radius 2 is 1.55 bits per heavy atom. The van der Waals surface area contributed by atoms with Crippen molar-refractivity contribution >= 4 is 5.78 Å². The summed E-state index contributed by atoms with van der Waals surface area (Å²) in [5, 5.41) is 0. The van der Waals surface area contributed by atoms with Crippen molar-refractivity contribution in [1.82, 2.24) is 0 Å². The number of carbonyl (C=O) groups is 1. The number of carbonyl (C=O) groups excluding carboxylic acids is 1. The van der Waals surface area contributed by atoms with E-state index in [1.165, 1.54) is 7.11 Å². The normalized spacial score (nSPS) is 10.4. The first kappa shape index (κ1) is 14.0. The molecule has 0 unspecified atom stereocenters. The molecule has 0 N–H and O–H groups in total. The van der Waals surface area contributed by atoms with Gasteiger partial charge in [-0.25, -0.2) is 17.6 Å². The Morgan fingerprint density at radius 1 is 0.900 bits per heavy atom. The zero-order chi connectivity index (χ0) is 14.9. The third kappa shape index (κ3) is 2.49. The Hall–Kier alpha value is -2.37. The SMILES string of the molecule is COc1cc(C(=O)c2cc(F)c(F)cc2F)ccc1F. The van der Waals surface area contributed by atoms with Gasteiger partial charge in [-0.15, -0.1) is 0 Å². The number of methoxy groups -OCH3 is 1. The fourth-order valence-electron chi connectivity index (χ4n) is 1.65. The Balaban J connectivity index is 2.49. The minimum absolute atomic E-state index is 0.104. The summed E-state index contributed by atoms with van der Waals surface area (Å²) in [5.74, 6) is -5.75. The van der Waals surface area contributed by atoms with Crippen LogP contribution in [0.3, 0.4) is 0 Å². The molecular formula is C14H8F4O2. The van der Waals surface area contributed by atoms with Gasteiger partial charge in [0.15, 0.2) is 29.0 Å². The number of halogens is 4. The Labute approximate surface area is 111 Å². The number of rotatable bonds is 3. The van der Waals surface area contributed by atoms with E-state index in [-0.39, 0.29) is 17.4 Å². The lowest BCUT2D eigenvalue weighted by Gasteiger charge is -2.06. The number of ether oxygens (including phenoxy) is 1. The zero-order valence-electron chi connectivity index (χ0n) is 10.2. The summed E-state index contributed by atoms with van der Waals surface area (Å²) < 4.78 is 57.3. The molecule has 0 saturated heterocycles. The van der Waals surface area contributed by atoms with Crippen molar-refractivity contribution in [2.75, 3.05) is 7.11 Å². The minimum atomic E-state index is -1.39. The lowest BCUT2D eigenvalue weighted by atomic mass is 10.0. The molecule has 0 aromatic heterocycles. The van der Waals surface area contributed by atoms with Crippen LogP contribution in [0.4, 0.5) is 17.6 Å². The molecule has 2 nitrogen and oxygen atoms in total. The highest BCUT2D eigenvalue weighted by Crippen LogP contribution is 2.22. The van der Waals surface area contributed by atoms with Crippen LogP contribution in [-0.2, 0) is 0 Å². The van der Waals surface area contributed by atoms with Gasteiger partial charge in [-0.1, -0.05) is 0 Å². The molecule has 0 radical (unpaired) electrons. The molecule has 104 valence electrons. The maximum Gasteiger partial charge on any atom is 0.196 e. The van der Waals surface area contributed by atoms with Crippen molar-refractivity contribution in [2.24, 2.45) is 0 Å². The molecule has 0 aliphatic rings. The average Bonchev–Trinajstić information content (AvgIpc) is 2.42. The van der Waals surface area contributed by atoms with Crippen molar-refractivity contribution in [2.45, 2.75) is 0 Å². The van der Waals surface area contributed by atoms with E-state index in [2.05, 4.69) is 4.74 Å². The van der Waals surface area contributed by atoms with Gasteiger partial charge < -0.3 is 4.74 Å². The van der Waals surface area contributed by atoms with Gasteiger partial charge in [0.2, 0.25) is 0 Å². The van der Waals surface area contributed by atoms with Gasteiger partial charge in [-0.2, -0.15) is 0 Å². The Bertz CT molecular complexity index is 683. The summed E-state index contributed by atoms with van der Waals surface area (Å²) in [4.78, 5) is 12.0. The maximum absolute atomic E-state index is 13.5. The first-order valence-corrected chi connectivity index (χ1v) is 5.47. The van der Waals surface area contributed by atoms with Crippen molar-refractivity contribution < 1.29 is 27.1 Å². The van der Waals surface area contributed by atoms with Crippen LogP contribution in [0.1, 0.15) is 15.9 Å². The quantitative estimate of drug-likeness (QED) is 0.490. The molecule has 0 amide bonds. The summed E-state index contributed by atoms with van der Waals surface area (Å²) in [6.45, 7) is 0. The monoisotopic (exact) mass is 284 g/mol. The zero-order valence-corrected chi connectivity index (χ0v) is 10.2. The highest BCUT2D eigenvalue weighted by Gasteiger charge is 2.19. The summed E-state index contributed by atoms with van der Waals surface area (Å²) in [7, 11) is 1.20. The smallest absolute Gasteiger partial charge is 0.196 e. The Kier molecular flexibility index (Phi) is 3.74. The van der Waals surface area contributed by atoms with Crippen LogP contribution in [0.5, 0.6) is 5.75 Å². The van der Waals surface area contributed by atoms with Crippen LogP contribution in [-0.4, -0.2) is 12.9 Å². The lowest BCUT2D eigenvalue weighted by Crippen LogP contribution is -2.07. The van der Waals surface area contributed by atoms with E-state index < -0.39 is 34.6 Å². The summed E-state index contributed by atoms with van der Waals surface area (Å²) in [6.07, 6.45) is 0. The van der Waals surface area contributed by atoms with E-state index in [0.29, 0.717) is 6.07 Å². The van der Waals surface area contributed by atoms with E-state index in [9.17, 15) is 22.4 Å². The lowest BCUT2D eigenvalue weighted by molar-refractivity contribution is 0.103. The van der Waals surface area contributed by atoms with Gasteiger partial charge in [0, 0.05) is 11.6 Å². The van der Waals surface area contributed by atoms with Gasteiger partial charge in [0.25, 0.3) is 0 Å². The Morgan fingerprint density at radius 3 is 2.20 bits per heavy atom. The van der Waals surface area contributed by atoms with Crippen molar-refractivity contribution in [3.8, 4) is 5.75 Å². The van der Waals surface area contributed by atoms with E-state index >= 15 is 0 Å². The molecule has 0 aliphatic carbocycles. The third-order valence-electron chi connectivity index (χ3n) is 2.67. The summed E-state index contributed by atoms with van der Waals surface area (Å²) in [5.41, 5.74) is -0.745. The molecule has 0 bridgehead atoms. The molecule has 0 aliphatic heterocycles. The topological polar surface area (TPSA) is 26.3 Å². The van der Waals surface area contributed by atoms with Crippen LogP contribution in [0.25, 0.3) is 0 Å². The van der Waals surface area contributed by atoms with Crippen molar-refractivity contribution in [1.29, 1.82) is 0 Å². The van der Waals surface area contributed by atoms with Crippen LogP contribution < -0.4 is 4.74 Å². The predicted octanol–water partition coefficient (Wildman–Crippen LogP) is 3.48. The number of hydrogen-bond donors (Lipinski definition) is 0. The van der Waals surface area contributed by atoms with Gasteiger partial charge in [0.05, 0.1) is 12.7 Å². The number of hydrogen-bond acceptors (Lipinski definition) is 2. The van der Waals surface area contributed by atoms with Crippen molar-refractivity contribution in [3.05, 3.63) is 64.7 Å². The van der Waals surface area contributed by atoms with E-state index in [1.807, 2.05) is 0 Å². The second-order valence-electron chi connectivity index (χ2n) is 3.92. The molecule has 20 heavy (non-hydrogen) atoms. The fraction of sp³-hybridized carbons (Fsp3) is 0.0714. The second-order valence-corrected chi connectivity index (χ2v) is 3.92. The van der Waals surface area contributed by atoms with Gasteiger partial charge in [0.1, 0.15) is 5.82 Å². The third-order valence-corrected chi connectivity index (χ3v) is 2.67. The number of benzene rings is 2. The molecule has 0 saturated carbocycles. The first-order chi connectivity index (χ1) is 9.43. The molecule has 2 aromatic carbocycles. The molecule has 0 spiro atoms. The van der Waals surface area contributed by atoms with E-state index in [1.54, 1.807) is 0 Å². The highest BCUT2D eigenvalue weighted by atomic mass is 19.2.